The molecule has 1 heterocycles. The topological polar surface area (TPSA) is 23.1 Å². The molecule has 0 aromatic heterocycles. The van der Waals surface area contributed by atoms with E-state index in [4.69, 9.17) is 0 Å². The molecule has 0 fully saturated rings. The zero-order valence-corrected chi connectivity index (χ0v) is 14.2. The van der Waals surface area contributed by atoms with Crippen LogP contribution in [0.3, 0.4) is 0 Å². The Labute approximate surface area is 138 Å². The van der Waals surface area contributed by atoms with Gasteiger partial charge in [-0.15, -0.1) is 10.3 Å². The molecule has 1 aliphatic carbocycles. The van der Waals surface area contributed by atoms with Crippen molar-refractivity contribution in [1.29, 1.82) is 0 Å². The van der Waals surface area contributed by atoms with Crippen molar-refractivity contribution in [2.24, 2.45) is 0 Å². The monoisotopic (exact) mass is 304 g/mol. The molecule has 2 heteroatoms. The van der Waals surface area contributed by atoms with Gasteiger partial charge in [-0.05, 0) is 67.5 Å². The van der Waals surface area contributed by atoms with Gasteiger partial charge in [-0.25, -0.2) is 0 Å². The summed E-state index contributed by atoms with van der Waals surface area (Å²) in [5.74, 6) is 0. The molecule has 0 amide bonds. The third-order valence-electron chi connectivity index (χ3n) is 5.29. The Bertz CT molecular complexity index is 829. The number of fused-ring (bicyclic) bond motifs is 3. The van der Waals surface area contributed by atoms with Crippen LogP contribution in [-0.4, -0.2) is 16.1 Å². The van der Waals surface area contributed by atoms with Gasteiger partial charge in [0, 0.05) is 0 Å². The fourth-order valence-corrected chi connectivity index (χ4v) is 4.17. The summed E-state index contributed by atoms with van der Waals surface area (Å²) in [5, 5.41) is 13.8. The molecule has 4 rings (SSSR count). The van der Waals surface area contributed by atoms with Gasteiger partial charge in [-0.2, -0.15) is 0 Å². The lowest BCUT2D eigenvalue weighted by atomic mass is 9.88. The molecule has 2 nitrogen and oxygen atoms in total. The Kier molecular flexibility index (Phi) is 2.91. The Morgan fingerprint density at radius 2 is 1.61 bits per heavy atom. The second kappa shape index (κ2) is 4.56. The van der Waals surface area contributed by atoms with Crippen molar-refractivity contribution in [3.8, 4) is 11.1 Å². The molecule has 0 unspecified atom stereocenters. The molecule has 117 valence electrons. The Morgan fingerprint density at radius 1 is 0.913 bits per heavy atom. The van der Waals surface area contributed by atoms with Gasteiger partial charge in [0.25, 0.3) is 0 Å². The average molecular weight is 304 g/mol. The summed E-state index contributed by atoms with van der Waals surface area (Å²) in [5.41, 5.74) is 6.79. The van der Waals surface area contributed by atoms with Crippen molar-refractivity contribution in [2.45, 2.75) is 45.2 Å². The SMILES string of the molecule is CC1(C)C=C(c2ccc3c(c2)Cc2ccccc2-3)C(C)(C)N1[O]. The minimum absolute atomic E-state index is 0.458. The number of hydrogen-bond donors (Lipinski definition) is 0. The predicted octanol–water partition coefficient (Wildman–Crippen LogP) is 4.86. The molecule has 2 aliphatic rings. The highest BCUT2D eigenvalue weighted by atomic mass is 16.5. The molecular weight excluding hydrogens is 282 g/mol. The van der Waals surface area contributed by atoms with E-state index in [1.165, 1.54) is 32.9 Å². The van der Waals surface area contributed by atoms with E-state index in [9.17, 15) is 5.21 Å². The first-order chi connectivity index (χ1) is 10.8. The average Bonchev–Trinajstić information content (AvgIpc) is 2.95. The zero-order chi connectivity index (χ0) is 16.4. The van der Waals surface area contributed by atoms with E-state index < -0.39 is 11.1 Å². The Morgan fingerprint density at radius 3 is 2.30 bits per heavy atom. The van der Waals surface area contributed by atoms with Crippen LogP contribution in [0, 0.1) is 0 Å². The lowest BCUT2D eigenvalue weighted by molar-refractivity contribution is -0.234. The highest BCUT2D eigenvalue weighted by Gasteiger charge is 2.46. The van der Waals surface area contributed by atoms with Gasteiger partial charge >= 0.3 is 0 Å². The van der Waals surface area contributed by atoms with Crippen molar-refractivity contribution >= 4 is 5.57 Å². The Hall–Kier alpha value is -1.90. The van der Waals surface area contributed by atoms with E-state index >= 15 is 0 Å². The summed E-state index contributed by atoms with van der Waals surface area (Å²) in [6, 6.07) is 15.3. The number of nitrogens with zero attached hydrogens (tertiary/aromatic N) is 1. The van der Waals surface area contributed by atoms with Crippen molar-refractivity contribution in [2.75, 3.05) is 0 Å². The fraction of sp³-hybridized carbons (Fsp3) is 0.333. The maximum atomic E-state index is 12.6. The molecule has 2 aromatic rings. The van der Waals surface area contributed by atoms with Crippen LogP contribution in [-0.2, 0) is 11.6 Å². The number of benzene rings is 2. The molecule has 1 aliphatic heterocycles. The van der Waals surface area contributed by atoms with Crippen LogP contribution in [0.4, 0.5) is 0 Å². The van der Waals surface area contributed by atoms with E-state index in [0.29, 0.717) is 0 Å². The van der Waals surface area contributed by atoms with Crippen molar-refractivity contribution < 1.29 is 5.21 Å². The van der Waals surface area contributed by atoms with Gasteiger partial charge in [0.05, 0.1) is 11.1 Å². The molecule has 0 saturated carbocycles. The van der Waals surface area contributed by atoms with E-state index in [2.05, 4.69) is 48.5 Å². The molecule has 0 spiro atoms. The smallest absolute Gasteiger partial charge is 0.0698 e. The van der Waals surface area contributed by atoms with Crippen molar-refractivity contribution in [1.82, 2.24) is 5.06 Å². The van der Waals surface area contributed by atoms with E-state index in [1.807, 2.05) is 27.7 Å². The highest BCUT2D eigenvalue weighted by molar-refractivity contribution is 5.82. The van der Waals surface area contributed by atoms with Crippen LogP contribution in [0.25, 0.3) is 16.7 Å². The summed E-state index contributed by atoms with van der Waals surface area (Å²) in [6.45, 7) is 8.00. The third-order valence-corrected chi connectivity index (χ3v) is 5.29. The number of hydroxylamine groups is 2. The highest BCUT2D eigenvalue weighted by Crippen LogP contribution is 2.45. The standard InChI is InChI=1S/C21H22NO/c1-20(2)13-19(21(3,4)22(20)23)15-9-10-18-16(12-15)11-14-7-5-6-8-17(14)18/h5-10,12-13H,11H2,1-4H3. The van der Waals surface area contributed by atoms with Gasteiger partial charge in [-0.3, -0.25) is 0 Å². The summed E-state index contributed by atoms with van der Waals surface area (Å²) in [6.07, 6.45) is 3.11. The minimum Gasteiger partial charge on any atom is -0.136 e. The molecule has 0 saturated heterocycles. The maximum absolute atomic E-state index is 12.6. The number of rotatable bonds is 1. The van der Waals surface area contributed by atoms with Gasteiger partial charge < -0.3 is 0 Å². The van der Waals surface area contributed by atoms with Crippen molar-refractivity contribution in [3.63, 3.8) is 0 Å². The van der Waals surface area contributed by atoms with E-state index in [1.54, 1.807) is 0 Å². The molecule has 1 radical (unpaired) electrons. The summed E-state index contributed by atoms with van der Waals surface area (Å²) in [4.78, 5) is 0. The largest absolute Gasteiger partial charge is 0.136 e. The summed E-state index contributed by atoms with van der Waals surface area (Å²) in [7, 11) is 0. The lowest BCUT2D eigenvalue weighted by Crippen LogP contribution is -2.46. The van der Waals surface area contributed by atoms with Crippen LogP contribution in [0.2, 0.25) is 0 Å². The first kappa shape index (κ1) is 14.7. The minimum atomic E-state index is -0.497. The van der Waals surface area contributed by atoms with Crippen molar-refractivity contribution in [3.05, 3.63) is 65.2 Å². The van der Waals surface area contributed by atoms with Gasteiger partial charge in [0.15, 0.2) is 0 Å². The van der Waals surface area contributed by atoms with Gasteiger partial charge in [0.1, 0.15) is 0 Å². The van der Waals surface area contributed by atoms with Crippen LogP contribution in [0.5, 0.6) is 0 Å². The van der Waals surface area contributed by atoms with Crippen LogP contribution < -0.4 is 0 Å². The first-order valence-corrected chi connectivity index (χ1v) is 8.23. The molecule has 23 heavy (non-hydrogen) atoms. The lowest BCUT2D eigenvalue weighted by Gasteiger charge is -2.34. The quantitative estimate of drug-likeness (QED) is 0.629. The third kappa shape index (κ3) is 2.02. The van der Waals surface area contributed by atoms with Crippen LogP contribution in [0.15, 0.2) is 48.5 Å². The summed E-state index contributed by atoms with van der Waals surface area (Å²) < 4.78 is 0. The van der Waals surface area contributed by atoms with Crippen LogP contribution >= 0.6 is 0 Å². The molecule has 0 bridgehead atoms. The van der Waals surface area contributed by atoms with Gasteiger partial charge in [0.2, 0.25) is 0 Å². The normalized spacial score (nSPS) is 21.0. The van der Waals surface area contributed by atoms with Gasteiger partial charge in [-0.1, -0.05) is 48.5 Å². The Balaban J connectivity index is 1.80. The fourth-order valence-electron chi connectivity index (χ4n) is 4.17. The zero-order valence-electron chi connectivity index (χ0n) is 14.2. The second-order valence-electron chi connectivity index (χ2n) is 7.77. The molecule has 0 N–H and O–H groups in total. The maximum Gasteiger partial charge on any atom is 0.0698 e. The predicted molar refractivity (Wildman–Crippen MR) is 93.3 cm³/mol. The molecule has 0 atom stereocenters. The molecule has 2 aromatic carbocycles. The van der Waals surface area contributed by atoms with E-state index in [-0.39, 0.29) is 0 Å². The second-order valence-corrected chi connectivity index (χ2v) is 7.77. The van der Waals surface area contributed by atoms with Crippen LogP contribution in [0.1, 0.15) is 44.4 Å². The van der Waals surface area contributed by atoms with E-state index in [0.717, 1.165) is 12.0 Å². The molecular formula is C21H22NO. The number of hydrogen-bond acceptors (Lipinski definition) is 1. The first-order valence-electron chi connectivity index (χ1n) is 8.23. The summed E-state index contributed by atoms with van der Waals surface area (Å²) >= 11 is 0.